The van der Waals surface area contributed by atoms with E-state index in [0.717, 1.165) is 19.3 Å². The van der Waals surface area contributed by atoms with Crippen molar-refractivity contribution >= 4 is 11.9 Å². The summed E-state index contributed by atoms with van der Waals surface area (Å²) in [5.41, 5.74) is 0. The minimum Gasteiger partial charge on any atom is -0.481 e. The van der Waals surface area contributed by atoms with E-state index in [-0.39, 0.29) is 12.4 Å². The Kier molecular flexibility index (Phi) is 25.8. The Balaban J connectivity index is 3.32. The van der Waals surface area contributed by atoms with Gasteiger partial charge in [-0.05, 0) is 44.9 Å². The first-order valence-electron chi connectivity index (χ1n) is 14.8. The highest BCUT2D eigenvalue weighted by Gasteiger charge is 2.15. The molecule has 0 bridgehead atoms. The predicted octanol–water partition coefficient (Wildman–Crippen LogP) is 9.72. The molecule has 0 heterocycles. The van der Waals surface area contributed by atoms with Gasteiger partial charge in [0.15, 0.2) is 0 Å². The van der Waals surface area contributed by atoms with E-state index in [2.05, 4.69) is 31.2 Å². The fourth-order valence-corrected chi connectivity index (χ4v) is 4.20. The van der Waals surface area contributed by atoms with Gasteiger partial charge in [-0.25, -0.2) is 0 Å². The molecule has 0 radical (unpaired) electrons. The fraction of sp³-hybridized carbons (Fsp3) is 0.806. The van der Waals surface area contributed by atoms with Crippen LogP contribution >= 0.6 is 0 Å². The summed E-state index contributed by atoms with van der Waals surface area (Å²) in [6.45, 7) is 4.11. The van der Waals surface area contributed by atoms with Crippen molar-refractivity contribution < 1.29 is 19.4 Å². The maximum absolute atomic E-state index is 11.8. The topological polar surface area (TPSA) is 63.6 Å². The third-order valence-corrected chi connectivity index (χ3v) is 6.49. The molecule has 35 heavy (non-hydrogen) atoms. The monoisotopic (exact) mass is 492 g/mol. The van der Waals surface area contributed by atoms with E-state index in [1.165, 1.54) is 103 Å². The van der Waals surface area contributed by atoms with Crippen LogP contribution in [0.5, 0.6) is 0 Å². The van der Waals surface area contributed by atoms with E-state index in [9.17, 15) is 9.59 Å². The third kappa shape index (κ3) is 26.9. The van der Waals surface area contributed by atoms with E-state index >= 15 is 0 Å². The lowest BCUT2D eigenvalue weighted by molar-refractivity contribution is -0.153. The minimum absolute atomic E-state index is 0.101. The summed E-state index contributed by atoms with van der Waals surface area (Å²) in [7, 11) is 0. The number of allylic oxidation sites excluding steroid dienone is 4. The van der Waals surface area contributed by atoms with Gasteiger partial charge in [-0.15, -0.1) is 0 Å². The molecule has 0 spiro atoms. The van der Waals surface area contributed by atoms with Gasteiger partial charge >= 0.3 is 11.9 Å². The van der Waals surface area contributed by atoms with Crippen molar-refractivity contribution in [3.8, 4) is 0 Å². The molecule has 0 aromatic carbocycles. The summed E-state index contributed by atoms with van der Waals surface area (Å²) in [5, 5.41) is 8.80. The third-order valence-electron chi connectivity index (χ3n) is 6.49. The summed E-state index contributed by atoms with van der Waals surface area (Å²) in [5.74, 6) is -1.17. The first kappa shape index (κ1) is 33.4. The van der Waals surface area contributed by atoms with Crippen molar-refractivity contribution in [1.29, 1.82) is 0 Å². The lowest BCUT2D eigenvalue weighted by atomic mass is 10.0. The Bertz CT molecular complexity index is 538. The van der Waals surface area contributed by atoms with Gasteiger partial charge in [0, 0.05) is 6.42 Å². The van der Waals surface area contributed by atoms with Gasteiger partial charge in [0.05, 0.1) is 6.42 Å². The Morgan fingerprint density at radius 2 is 1.11 bits per heavy atom. The van der Waals surface area contributed by atoms with Gasteiger partial charge in [-0.3, -0.25) is 9.59 Å². The number of hydrogen-bond donors (Lipinski definition) is 1. The molecular formula is C31H56O4. The number of carboxylic acid groups (broad SMARTS) is 1. The Hall–Kier alpha value is -1.58. The predicted molar refractivity (Wildman–Crippen MR) is 149 cm³/mol. The van der Waals surface area contributed by atoms with Gasteiger partial charge in [0.2, 0.25) is 0 Å². The molecule has 4 nitrogen and oxygen atoms in total. The lowest BCUT2D eigenvalue weighted by Crippen LogP contribution is -2.20. The highest BCUT2D eigenvalue weighted by molar-refractivity contribution is 5.71. The first-order valence-corrected chi connectivity index (χ1v) is 14.8. The SMILES string of the molecule is CCCCCCC/C=C\C/C=C\CCCCCCCCCCCCCC(=O)OC(CC)CC(=O)O. The lowest BCUT2D eigenvalue weighted by Gasteiger charge is -2.13. The average Bonchev–Trinajstić information content (AvgIpc) is 2.83. The van der Waals surface area contributed by atoms with Crippen LogP contribution in [0.15, 0.2) is 24.3 Å². The fourth-order valence-electron chi connectivity index (χ4n) is 4.20. The number of carboxylic acids is 1. The second kappa shape index (κ2) is 27.0. The molecule has 0 saturated heterocycles. The van der Waals surface area contributed by atoms with Crippen LogP contribution in [-0.2, 0) is 14.3 Å². The standard InChI is InChI=1S/C31H56O4/c1-3-5-6-7-8-9-10-11-12-13-14-15-16-17-18-19-20-21-22-23-24-25-26-27-31(34)35-29(4-2)28-30(32)33/h10-11,13-14,29H,3-9,12,15-28H2,1-2H3,(H,32,33)/b11-10-,14-13-. The molecule has 1 unspecified atom stereocenters. The van der Waals surface area contributed by atoms with Gasteiger partial charge < -0.3 is 9.84 Å². The van der Waals surface area contributed by atoms with E-state index in [0.29, 0.717) is 12.8 Å². The Morgan fingerprint density at radius 3 is 1.57 bits per heavy atom. The molecule has 0 aliphatic rings. The number of aliphatic carboxylic acids is 1. The van der Waals surface area contributed by atoms with Crippen molar-refractivity contribution in [2.75, 3.05) is 0 Å². The molecule has 204 valence electrons. The van der Waals surface area contributed by atoms with Gasteiger partial charge in [-0.2, -0.15) is 0 Å². The summed E-state index contributed by atoms with van der Waals surface area (Å²) in [4.78, 5) is 22.5. The van der Waals surface area contributed by atoms with Crippen LogP contribution in [0.2, 0.25) is 0 Å². The zero-order chi connectivity index (χ0) is 25.8. The van der Waals surface area contributed by atoms with E-state index in [4.69, 9.17) is 9.84 Å². The zero-order valence-electron chi connectivity index (χ0n) is 23.1. The molecule has 1 atom stereocenters. The van der Waals surface area contributed by atoms with Crippen molar-refractivity contribution in [3.05, 3.63) is 24.3 Å². The number of unbranched alkanes of at least 4 members (excludes halogenated alkanes) is 16. The molecule has 0 aromatic heterocycles. The molecule has 0 aromatic rings. The molecule has 0 amide bonds. The molecule has 4 heteroatoms. The van der Waals surface area contributed by atoms with Crippen molar-refractivity contribution in [2.45, 2.75) is 161 Å². The van der Waals surface area contributed by atoms with E-state index < -0.39 is 12.1 Å². The molecule has 0 aliphatic heterocycles. The smallest absolute Gasteiger partial charge is 0.307 e. The van der Waals surface area contributed by atoms with Crippen LogP contribution in [0.3, 0.4) is 0 Å². The summed E-state index contributed by atoms with van der Waals surface area (Å²) < 4.78 is 5.23. The number of carbonyl (C=O) groups excluding carboxylic acids is 1. The van der Waals surface area contributed by atoms with E-state index in [1.54, 1.807) is 0 Å². The van der Waals surface area contributed by atoms with Crippen LogP contribution in [-0.4, -0.2) is 23.1 Å². The quantitative estimate of drug-likeness (QED) is 0.0741. The van der Waals surface area contributed by atoms with Crippen molar-refractivity contribution in [2.24, 2.45) is 0 Å². The van der Waals surface area contributed by atoms with Gasteiger partial charge in [-0.1, -0.05) is 122 Å². The highest BCUT2D eigenvalue weighted by Crippen LogP contribution is 2.14. The molecule has 0 aliphatic carbocycles. The van der Waals surface area contributed by atoms with Crippen LogP contribution in [0.25, 0.3) is 0 Å². The van der Waals surface area contributed by atoms with Gasteiger partial charge in [0.1, 0.15) is 6.10 Å². The number of esters is 1. The normalized spacial score (nSPS) is 12.5. The second-order valence-corrected chi connectivity index (χ2v) is 9.93. The minimum atomic E-state index is -0.917. The van der Waals surface area contributed by atoms with E-state index in [1.807, 2.05) is 6.92 Å². The molecule has 1 N–H and O–H groups in total. The summed E-state index contributed by atoms with van der Waals surface area (Å²) >= 11 is 0. The number of rotatable bonds is 26. The summed E-state index contributed by atoms with van der Waals surface area (Å²) in [6.07, 6.45) is 33.7. The second-order valence-electron chi connectivity index (χ2n) is 9.93. The molecular weight excluding hydrogens is 436 g/mol. The summed E-state index contributed by atoms with van der Waals surface area (Å²) in [6, 6.07) is 0. The van der Waals surface area contributed by atoms with Gasteiger partial charge in [0.25, 0.3) is 0 Å². The number of ether oxygens (including phenoxy) is 1. The maximum atomic E-state index is 11.8. The van der Waals surface area contributed by atoms with Crippen LogP contribution in [0.1, 0.15) is 155 Å². The average molecular weight is 493 g/mol. The molecule has 0 saturated carbocycles. The number of carbonyl (C=O) groups is 2. The highest BCUT2D eigenvalue weighted by atomic mass is 16.5. The largest absolute Gasteiger partial charge is 0.481 e. The van der Waals surface area contributed by atoms with Crippen LogP contribution in [0.4, 0.5) is 0 Å². The Labute approximate surface area is 217 Å². The Morgan fingerprint density at radius 1 is 0.657 bits per heavy atom. The first-order chi connectivity index (χ1) is 17.1. The van der Waals surface area contributed by atoms with Crippen molar-refractivity contribution in [1.82, 2.24) is 0 Å². The van der Waals surface area contributed by atoms with Crippen LogP contribution < -0.4 is 0 Å². The maximum Gasteiger partial charge on any atom is 0.307 e. The zero-order valence-corrected chi connectivity index (χ0v) is 23.1. The number of hydrogen-bond acceptors (Lipinski definition) is 3. The molecule has 0 fully saturated rings. The molecule has 0 rings (SSSR count). The van der Waals surface area contributed by atoms with Crippen molar-refractivity contribution in [3.63, 3.8) is 0 Å². The van der Waals surface area contributed by atoms with Crippen LogP contribution in [0, 0.1) is 0 Å².